The number of aromatic nitrogens is 2. The Labute approximate surface area is 158 Å². The van der Waals surface area contributed by atoms with E-state index in [0.29, 0.717) is 11.9 Å². The molecule has 140 valence electrons. The van der Waals surface area contributed by atoms with Crippen LogP contribution in [-0.4, -0.2) is 47.4 Å². The van der Waals surface area contributed by atoms with Gasteiger partial charge in [-0.2, -0.15) is 0 Å². The second kappa shape index (κ2) is 7.90. The first kappa shape index (κ1) is 17.7. The molecule has 0 amide bonds. The number of anilines is 1. The predicted molar refractivity (Wildman–Crippen MR) is 106 cm³/mol. The summed E-state index contributed by atoms with van der Waals surface area (Å²) in [4.78, 5) is 11.2. The molecule has 6 nitrogen and oxygen atoms in total. The highest BCUT2D eigenvalue weighted by atomic mass is 16.5. The highest BCUT2D eigenvalue weighted by Gasteiger charge is 2.32. The van der Waals surface area contributed by atoms with Gasteiger partial charge in [0.25, 0.3) is 0 Å². The number of methoxy groups -OCH3 is 1. The van der Waals surface area contributed by atoms with Crippen molar-refractivity contribution in [3.63, 3.8) is 0 Å². The van der Waals surface area contributed by atoms with Crippen LogP contribution in [0.5, 0.6) is 5.88 Å². The fourth-order valence-corrected chi connectivity index (χ4v) is 3.73. The molecule has 3 aromatic rings. The second-order valence-electron chi connectivity index (χ2n) is 6.84. The number of hydrogen-bond acceptors (Lipinski definition) is 6. The number of aliphatic hydroxyl groups excluding tert-OH is 1. The van der Waals surface area contributed by atoms with Crippen molar-refractivity contribution in [3.05, 3.63) is 60.3 Å². The minimum Gasteiger partial charge on any atom is -0.481 e. The van der Waals surface area contributed by atoms with Gasteiger partial charge in [0.1, 0.15) is 5.52 Å². The van der Waals surface area contributed by atoms with Crippen molar-refractivity contribution < 1.29 is 9.84 Å². The molecule has 1 fully saturated rings. The Kier molecular flexibility index (Phi) is 5.18. The smallest absolute Gasteiger partial charge is 0.213 e. The van der Waals surface area contributed by atoms with Crippen LogP contribution in [0, 0.1) is 0 Å². The van der Waals surface area contributed by atoms with Gasteiger partial charge >= 0.3 is 0 Å². The van der Waals surface area contributed by atoms with Gasteiger partial charge in [0, 0.05) is 31.4 Å². The standard InChI is InChI=1S/C21H24N4O2/c1-27-20-8-7-18-21(24-20)19(9-10-22-18)25-13-16(11-17(25)14-26)23-12-15-5-3-2-4-6-15/h2-10,16-17,23,26H,11-14H2,1H3/t16-,17+/m1/s1. The van der Waals surface area contributed by atoms with Gasteiger partial charge in [-0.05, 0) is 24.1 Å². The molecule has 4 rings (SSSR count). The highest BCUT2D eigenvalue weighted by molar-refractivity contribution is 5.88. The quantitative estimate of drug-likeness (QED) is 0.700. The van der Waals surface area contributed by atoms with Crippen molar-refractivity contribution in [2.45, 2.75) is 25.0 Å². The second-order valence-corrected chi connectivity index (χ2v) is 6.84. The van der Waals surface area contributed by atoms with Gasteiger partial charge in [0.15, 0.2) is 0 Å². The van der Waals surface area contributed by atoms with Gasteiger partial charge in [-0.1, -0.05) is 30.3 Å². The number of benzene rings is 1. The molecule has 27 heavy (non-hydrogen) atoms. The summed E-state index contributed by atoms with van der Waals surface area (Å²) in [6.07, 6.45) is 2.68. The topological polar surface area (TPSA) is 70.5 Å². The van der Waals surface area contributed by atoms with Crippen LogP contribution < -0.4 is 15.0 Å². The van der Waals surface area contributed by atoms with Crippen LogP contribution in [0.4, 0.5) is 5.69 Å². The Morgan fingerprint density at radius 3 is 2.81 bits per heavy atom. The molecule has 0 unspecified atom stereocenters. The SMILES string of the molecule is COc1ccc2nccc(N3C[C@H](NCc4ccccc4)C[C@H]3CO)c2n1. The molecule has 1 aromatic carbocycles. The number of nitrogens with one attached hydrogen (secondary N) is 1. The van der Waals surface area contributed by atoms with Gasteiger partial charge in [0.05, 0.1) is 31.0 Å². The summed E-state index contributed by atoms with van der Waals surface area (Å²) in [6.45, 7) is 1.74. The molecule has 3 heterocycles. The zero-order valence-corrected chi connectivity index (χ0v) is 15.4. The predicted octanol–water partition coefficient (Wildman–Crippen LogP) is 2.37. The third-order valence-electron chi connectivity index (χ3n) is 5.12. The zero-order chi connectivity index (χ0) is 18.6. The minimum atomic E-state index is 0.0527. The minimum absolute atomic E-state index is 0.0527. The Morgan fingerprint density at radius 1 is 1.19 bits per heavy atom. The first-order valence-electron chi connectivity index (χ1n) is 9.23. The van der Waals surface area contributed by atoms with E-state index >= 15 is 0 Å². The lowest BCUT2D eigenvalue weighted by Crippen LogP contribution is -2.34. The van der Waals surface area contributed by atoms with Crippen LogP contribution >= 0.6 is 0 Å². The number of aliphatic hydroxyl groups is 1. The fraction of sp³-hybridized carbons (Fsp3) is 0.333. The maximum Gasteiger partial charge on any atom is 0.213 e. The third kappa shape index (κ3) is 3.72. The van der Waals surface area contributed by atoms with E-state index in [-0.39, 0.29) is 12.6 Å². The Bertz CT molecular complexity index is 903. The van der Waals surface area contributed by atoms with Crippen LogP contribution in [0.25, 0.3) is 11.0 Å². The molecule has 0 spiro atoms. The molecule has 6 heteroatoms. The summed E-state index contributed by atoms with van der Waals surface area (Å²) in [7, 11) is 1.61. The molecule has 1 aliphatic heterocycles. The lowest BCUT2D eigenvalue weighted by molar-refractivity contribution is 0.264. The van der Waals surface area contributed by atoms with Crippen molar-refractivity contribution in [1.29, 1.82) is 0 Å². The average molecular weight is 364 g/mol. The largest absolute Gasteiger partial charge is 0.481 e. The molecule has 0 aliphatic carbocycles. The number of pyridine rings is 2. The van der Waals surface area contributed by atoms with Crippen molar-refractivity contribution in [3.8, 4) is 5.88 Å². The summed E-state index contributed by atoms with van der Waals surface area (Å²) in [5.74, 6) is 0.565. The zero-order valence-electron chi connectivity index (χ0n) is 15.4. The van der Waals surface area contributed by atoms with Gasteiger partial charge in [-0.3, -0.25) is 4.98 Å². The van der Waals surface area contributed by atoms with E-state index in [9.17, 15) is 5.11 Å². The summed E-state index contributed by atoms with van der Waals surface area (Å²) in [6, 6.07) is 16.4. The number of fused-ring (bicyclic) bond motifs is 1. The monoisotopic (exact) mass is 364 g/mol. The number of nitrogens with zero attached hydrogens (tertiary/aromatic N) is 3. The lowest BCUT2D eigenvalue weighted by atomic mass is 10.1. The summed E-state index contributed by atoms with van der Waals surface area (Å²) < 4.78 is 5.28. The first-order chi connectivity index (χ1) is 13.3. The summed E-state index contributed by atoms with van der Waals surface area (Å²) in [5, 5.41) is 13.6. The average Bonchev–Trinajstić information content (AvgIpc) is 3.15. The van der Waals surface area contributed by atoms with E-state index < -0.39 is 0 Å². The fourth-order valence-electron chi connectivity index (χ4n) is 3.73. The normalized spacial score (nSPS) is 19.6. The molecule has 2 atom stereocenters. The molecule has 0 bridgehead atoms. The molecule has 1 aliphatic rings. The van der Waals surface area contributed by atoms with Gasteiger partial charge in [0.2, 0.25) is 5.88 Å². The Balaban J connectivity index is 1.56. The number of hydrogen-bond donors (Lipinski definition) is 2. The number of rotatable bonds is 6. The molecule has 0 radical (unpaired) electrons. The molecule has 2 aromatic heterocycles. The van der Waals surface area contributed by atoms with E-state index in [1.807, 2.05) is 24.3 Å². The maximum atomic E-state index is 9.94. The molecular weight excluding hydrogens is 340 g/mol. The Hall–Kier alpha value is -2.70. The maximum absolute atomic E-state index is 9.94. The first-order valence-corrected chi connectivity index (χ1v) is 9.23. The van der Waals surface area contributed by atoms with Crippen molar-refractivity contribution in [2.75, 3.05) is 25.2 Å². The van der Waals surface area contributed by atoms with Crippen molar-refractivity contribution >= 4 is 16.7 Å². The van der Waals surface area contributed by atoms with E-state index in [2.05, 4.69) is 44.5 Å². The van der Waals surface area contributed by atoms with E-state index in [1.165, 1.54) is 5.56 Å². The van der Waals surface area contributed by atoms with Crippen LogP contribution in [-0.2, 0) is 6.54 Å². The number of ether oxygens (including phenoxy) is 1. The van der Waals surface area contributed by atoms with Gasteiger partial charge in [-0.25, -0.2) is 4.98 Å². The Morgan fingerprint density at radius 2 is 2.04 bits per heavy atom. The molecule has 1 saturated heterocycles. The summed E-state index contributed by atoms with van der Waals surface area (Å²) in [5.41, 5.74) is 3.88. The van der Waals surface area contributed by atoms with Crippen LogP contribution in [0.2, 0.25) is 0 Å². The highest BCUT2D eigenvalue weighted by Crippen LogP contribution is 2.31. The van der Waals surface area contributed by atoms with Gasteiger partial charge in [-0.15, -0.1) is 0 Å². The van der Waals surface area contributed by atoms with Crippen molar-refractivity contribution in [2.24, 2.45) is 0 Å². The molecular formula is C21H24N4O2. The van der Waals surface area contributed by atoms with Crippen molar-refractivity contribution in [1.82, 2.24) is 15.3 Å². The van der Waals surface area contributed by atoms with Crippen LogP contribution in [0.15, 0.2) is 54.7 Å². The van der Waals surface area contributed by atoms with E-state index in [1.54, 1.807) is 13.3 Å². The molecule has 2 N–H and O–H groups in total. The van der Waals surface area contributed by atoms with E-state index in [4.69, 9.17) is 4.74 Å². The van der Waals surface area contributed by atoms with Gasteiger partial charge < -0.3 is 20.1 Å². The van der Waals surface area contributed by atoms with Crippen LogP contribution in [0.1, 0.15) is 12.0 Å². The van der Waals surface area contributed by atoms with E-state index in [0.717, 1.165) is 36.2 Å². The third-order valence-corrected chi connectivity index (χ3v) is 5.12. The summed E-state index contributed by atoms with van der Waals surface area (Å²) >= 11 is 0. The van der Waals surface area contributed by atoms with Crippen LogP contribution in [0.3, 0.4) is 0 Å². The lowest BCUT2D eigenvalue weighted by Gasteiger charge is -2.26. The molecule has 0 saturated carbocycles.